The summed E-state index contributed by atoms with van der Waals surface area (Å²) in [5.41, 5.74) is 2.78. The van der Waals surface area contributed by atoms with Crippen molar-refractivity contribution in [3.8, 4) is 5.75 Å². The van der Waals surface area contributed by atoms with Crippen molar-refractivity contribution >= 4 is 27.8 Å². The molecule has 0 spiro atoms. The third kappa shape index (κ3) is 4.02. The van der Waals surface area contributed by atoms with Crippen LogP contribution in [0.15, 0.2) is 46.9 Å². The lowest BCUT2D eigenvalue weighted by Gasteiger charge is -2.28. The first kappa shape index (κ1) is 17.5. The molecule has 1 heterocycles. The number of nitrogens with zero attached hydrogens (tertiary/aromatic N) is 1. The van der Waals surface area contributed by atoms with Gasteiger partial charge in [-0.15, -0.1) is 0 Å². The Morgan fingerprint density at radius 2 is 1.92 bits per heavy atom. The van der Waals surface area contributed by atoms with E-state index in [2.05, 4.69) is 22.0 Å². The standard InChI is InChI=1S/C19H18BrNO4/c1-24-17-7-6-14(10-16(17)20)19(23)25-12-18(22)21-9-8-13-4-2-3-5-15(13)11-21/h2-7,10H,8-9,11-12H2,1H3. The van der Waals surface area contributed by atoms with E-state index in [4.69, 9.17) is 9.47 Å². The largest absolute Gasteiger partial charge is 0.496 e. The number of benzene rings is 2. The second-order valence-corrected chi connectivity index (χ2v) is 6.61. The summed E-state index contributed by atoms with van der Waals surface area (Å²) < 4.78 is 10.9. The summed E-state index contributed by atoms with van der Waals surface area (Å²) in [6.45, 7) is 0.937. The molecule has 0 fully saturated rings. The van der Waals surface area contributed by atoms with E-state index in [1.165, 1.54) is 5.56 Å². The van der Waals surface area contributed by atoms with Gasteiger partial charge in [-0.05, 0) is 51.7 Å². The van der Waals surface area contributed by atoms with Crippen molar-refractivity contribution in [2.75, 3.05) is 20.3 Å². The third-order valence-corrected chi connectivity index (χ3v) is 4.82. The molecule has 1 amide bonds. The van der Waals surface area contributed by atoms with E-state index in [-0.39, 0.29) is 12.5 Å². The molecule has 2 aromatic rings. The van der Waals surface area contributed by atoms with Gasteiger partial charge in [-0.2, -0.15) is 0 Å². The molecule has 1 aliphatic rings. The van der Waals surface area contributed by atoms with Gasteiger partial charge in [-0.3, -0.25) is 4.79 Å². The molecule has 0 bridgehead atoms. The molecular weight excluding hydrogens is 386 g/mol. The van der Waals surface area contributed by atoms with Gasteiger partial charge in [-0.1, -0.05) is 24.3 Å². The van der Waals surface area contributed by atoms with Crippen LogP contribution in [0, 0.1) is 0 Å². The number of methoxy groups -OCH3 is 1. The summed E-state index contributed by atoms with van der Waals surface area (Å²) in [6, 6.07) is 13.0. The molecule has 0 aliphatic carbocycles. The van der Waals surface area contributed by atoms with Crippen LogP contribution in [0.1, 0.15) is 21.5 Å². The highest BCUT2D eigenvalue weighted by Crippen LogP contribution is 2.26. The normalized spacial score (nSPS) is 13.1. The minimum absolute atomic E-state index is 0.185. The maximum absolute atomic E-state index is 12.3. The average molecular weight is 404 g/mol. The van der Waals surface area contributed by atoms with Crippen molar-refractivity contribution in [3.63, 3.8) is 0 Å². The number of fused-ring (bicyclic) bond motifs is 1. The van der Waals surface area contributed by atoms with E-state index in [9.17, 15) is 9.59 Å². The Morgan fingerprint density at radius 3 is 2.64 bits per heavy atom. The Labute approximate surface area is 154 Å². The zero-order chi connectivity index (χ0) is 17.8. The molecule has 0 unspecified atom stereocenters. The highest BCUT2D eigenvalue weighted by molar-refractivity contribution is 9.10. The fourth-order valence-corrected chi connectivity index (χ4v) is 3.34. The van der Waals surface area contributed by atoms with Gasteiger partial charge in [-0.25, -0.2) is 4.79 Å². The summed E-state index contributed by atoms with van der Waals surface area (Å²) in [5.74, 6) is -0.0934. The first-order valence-corrected chi connectivity index (χ1v) is 8.73. The Balaban J connectivity index is 1.57. The van der Waals surface area contributed by atoms with Crippen LogP contribution in [-0.2, 0) is 22.5 Å². The number of ether oxygens (including phenoxy) is 2. The topological polar surface area (TPSA) is 55.8 Å². The average Bonchev–Trinajstić information content (AvgIpc) is 2.65. The Morgan fingerprint density at radius 1 is 1.16 bits per heavy atom. The second kappa shape index (κ2) is 7.70. The number of hydrogen-bond donors (Lipinski definition) is 0. The van der Waals surface area contributed by atoms with Crippen molar-refractivity contribution in [3.05, 3.63) is 63.6 Å². The fraction of sp³-hybridized carbons (Fsp3) is 0.263. The molecule has 25 heavy (non-hydrogen) atoms. The molecular formula is C19H18BrNO4. The molecule has 0 aromatic heterocycles. The fourth-order valence-electron chi connectivity index (χ4n) is 2.80. The van der Waals surface area contributed by atoms with E-state index < -0.39 is 5.97 Å². The Kier molecular flexibility index (Phi) is 5.38. The van der Waals surface area contributed by atoms with Gasteiger partial charge in [0.2, 0.25) is 0 Å². The van der Waals surface area contributed by atoms with Crippen LogP contribution in [0.25, 0.3) is 0 Å². The van der Waals surface area contributed by atoms with E-state index in [1.54, 1.807) is 30.2 Å². The molecule has 0 N–H and O–H groups in total. The van der Waals surface area contributed by atoms with Crippen molar-refractivity contribution in [2.24, 2.45) is 0 Å². The number of carbonyl (C=O) groups excluding carboxylic acids is 2. The van der Waals surface area contributed by atoms with Gasteiger partial charge >= 0.3 is 5.97 Å². The lowest BCUT2D eigenvalue weighted by Crippen LogP contribution is -2.38. The number of hydrogen-bond acceptors (Lipinski definition) is 4. The van der Waals surface area contributed by atoms with Crippen LogP contribution in [0.5, 0.6) is 5.75 Å². The van der Waals surface area contributed by atoms with E-state index in [1.807, 2.05) is 18.2 Å². The summed E-state index contributed by atoms with van der Waals surface area (Å²) in [7, 11) is 1.55. The molecule has 5 nitrogen and oxygen atoms in total. The van der Waals surface area contributed by atoms with Crippen LogP contribution < -0.4 is 4.74 Å². The van der Waals surface area contributed by atoms with Gasteiger partial charge < -0.3 is 14.4 Å². The number of halogens is 1. The lowest BCUT2D eigenvalue weighted by atomic mass is 10.00. The molecule has 3 rings (SSSR count). The van der Waals surface area contributed by atoms with Crippen LogP contribution in [0.2, 0.25) is 0 Å². The maximum atomic E-state index is 12.3. The molecule has 0 saturated carbocycles. The Bertz CT molecular complexity index is 806. The molecule has 2 aromatic carbocycles. The smallest absolute Gasteiger partial charge is 0.338 e. The number of amides is 1. The van der Waals surface area contributed by atoms with E-state index in [0.717, 1.165) is 12.0 Å². The first-order chi connectivity index (χ1) is 12.1. The predicted molar refractivity (Wildman–Crippen MR) is 96.5 cm³/mol. The predicted octanol–water partition coefficient (Wildman–Crippen LogP) is 3.20. The minimum atomic E-state index is -0.533. The van der Waals surface area contributed by atoms with Gasteiger partial charge in [0.1, 0.15) is 5.75 Å². The van der Waals surface area contributed by atoms with Gasteiger partial charge in [0, 0.05) is 13.1 Å². The summed E-state index contributed by atoms with van der Waals surface area (Å²) in [4.78, 5) is 26.2. The number of rotatable bonds is 4. The van der Waals surface area contributed by atoms with Crippen LogP contribution in [-0.4, -0.2) is 37.0 Å². The monoisotopic (exact) mass is 403 g/mol. The summed E-state index contributed by atoms with van der Waals surface area (Å²) in [5, 5.41) is 0. The zero-order valence-corrected chi connectivity index (χ0v) is 15.4. The second-order valence-electron chi connectivity index (χ2n) is 5.76. The number of esters is 1. The van der Waals surface area contributed by atoms with Crippen molar-refractivity contribution in [2.45, 2.75) is 13.0 Å². The van der Waals surface area contributed by atoms with E-state index >= 15 is 0 Å². The highest BCUT2D eigenvalue weighted by Gasteiger charge is 2.21. The minimum Gasteiger partial charge on any atom is -0.496 e. The molecule has 0 saturated heterocycles. The van der Waals surface area contributed by atoms with Crippen molar-refractivity contribution < 1.29 is 19.1 Å². The first-order valence-electron chi connectivity index (χ1n) is 7.93. The van der Waals surface area contributed by atoms with Crippen LogP contribution >= 0.6 is 15.9 Å². The van der Waals surface area contributed by atoms with E-state index in [0.29, 0.717) is 28.9 Å². The Hall–Kier alpha value is -2.34. The van der Waals surface area contributed by atoms with Crippen molar-refractivity contribution in [1.82, 2.24) is 4.90 Å². The number of carbonyl (C=O) groups is 2. The highest BCUT2D eigenvalue weighted by atomic mass is 79.9. The summed E-state index contributed by atoms with van der Waals surface area (Å²) in [6.07, 6.45) is 0.821. The van der Waals surface area contributed by atoms with Gasteiger partial charge in [0.15, 0.2) is 6.61 Å². The van der Waals surface area contributed by atoms with Gasteiger partial charge in [0.05, 0.1) is 17.1 Å². The van der Waals surface area contributed by atoms with Crippen LogP contribution in [0.4, 0.5) is 0 Å². The molecule has 0 atom stereocenters. The van der Waals surface area contributed by atoms with Gasteiger partial charge in [0.25, 0.3) is 5.91 Å². The van der Waals surface area contributed by atoms with Crippen LogP contribution in [0.3, 0.4) is 0 Å². The summed E-state index contributed by atoms with van der Waals surface area (Å²) >= 11 is 3.33. The van der Waals surface area contributed by atoms with Crippen molar-refractivity contribution in [1.29, 1.82) is 0 Å². The zero-order valence-electron chi connectivity index (χ0n) is 13.8. The third-order valence-electron chi connectivity index (χ3n) is 4.20. The quantitative estimate of drug-likeness (QED) is 0.735. The molecule has 6 heteroatoms. The molecule has 0 radical (unpaired) electrons. The maximum Gasteiger partial charge on any atom is 0.338 e. The lowest BCUT2D eigenvalue weighted by molar-refractivity contribution is -0.135. The SMILES string of the molecule is COc1ccc(C(=O)OCC(=O)N2CCc3ccccc3C2)cc1Br. The molecule has 1 aliphatic heterocycles. The molecule has 130 valence electrons.